The van der Waals surface area contributed by atoms with Crippen LogP contribution in [0.1, 0.15) is 26.3 Å². The molecule has 0 radical (unpaired) electrons. The summed E-state index contributed by atoms with van der Waals surface area (Å²) in [5, 5.41) is 27.5. The molecule has 0 spiro atoms. The van der Waals surface area contributed by atoms with Crippen LogP contribution in [0.3, 0.4) is 0 Å². The second kappa shape index (κ2) is 5.05. The van der Waals surface area contributed by atoms with Gasteiger partial charge in [0.1, 0.15) is 5.75 Å². The number of carboxylic acid groups (broad SMARTS) is 2. The van der Waals surface area contributed by atoms with Crippen LogP contribution < -0.4 is 0 Å². The first-order valence-electron chi connectivity index (χ1n) is 5.80. The van der Waals surface area contributed by atoms with E-state index in [-0.39, 0.29) is 16.9 Å². The van der Waals surface area contributed by atoms with E-state index in [1.54, 1.807) is 19.1 Å². The summed E-state index contributed by atoms with van der Waals surface area (Å²) in [7, 11) is 0. The monoisotopic (exact) mass is 272 g/mol. The van der Waals surface area contributed by atoms with Gasteiger partial charge < -0.3 is 15.3 Å². The van der Waals surface area contributed by atoms with Crippen molar-refractivity contribution in [1.29, 1.82) is 0 Å². The molecule has 0 amide bonds. The van der Waals surface area contributed by atoms with Crippen LogP contribution in [0.25, 0.3) is 11.1 Å². The van der Waals surface area contributed by atoms with E-state index in [0.717, 1.165) is 6.07 Å². The van der Waals surface area contributed by atoms with Gasteiger partial charge in [-0.15, -0.1) is 0 Å². The molecule has 2 aromatic rings. The molecule has 5 nitrogen and oxygen atoms in total. The van der Waals surface area contributed by atoms with Gasteiger partial charge in [-0.05, 0) is 53.9 Å². The van der Waals surface area contributed by atoms with E-state index in [1.165, 1.54) is 18.2 Å². The van der Waals surface area contributed by atoms with E-state index in [2.05, 4.69) is 0 Å². The quantitative estimate of drug-likeness (QED) is 0.798. The lowest BCUT2D eigenvalue weighted by molar-refractivity contribution is 0.0696. The van der Waals surface area contributed by atoms with Gasteiger partial charge in [-0.2, -0.15) is 0 Å². The first-order chi connectivity index (χ1) is 9.38. The van der Waals surface area contributed by atoms with Gasteiger partial charge in [-0.25, -0.2) is 9.59 Å². The Morgan fingerprint density at radius 2 is 1.40 bits per heavy atom. The van der Waals surface area contributed by atoms with Gasteiger partial charge in [0.05, 0.1) is 11.1 Å². The van der Waals surface area contributed by atoms with E-state index in [4.69, 9.17) is 10.2 Å². The number of aromatic carboxylic acids is 2. The van der Waals surface area contributed by atoms with Gasteiger partial charge in [0.25, 0.3) is 0 Å². The molecule has 0 aliphatic rings. The summed E-state index contributed by atoms with van der Waals surface area (Å²) in [6.07, 6.45) is 0. The Hall–Kier alpha value is -2.82. The fourth-order valence-electron chi connectivity index (χ4n) is 1.88. The van der Waals surface area contributed by atoms with Crippen molar-refractivity contribution in [2.45, 2.75) is 6.92 Å². The summed E-state index contributed by atoms with van der Waals surface area (Å²) in [4.78, 5) is 22.1. The van der Waals surface area contributed by atoms with Crippen LogP contribution in [0.5, 0.6) is 5.75 Å². The summed E-state index contributed by atoms with van der Waals surface area (Å²) < 4.78 is 0. The van der Waals surface area contributed by atoms with E-state index >= 15 is 0 Å². The molecular formula is C15H12O5. The first-order valence-corrected chi connectivity index (χ1v) is 5.80. The Morgan fingerprint density at radius 3 is 1.85 bits per heavy atom. The number of phenolic OH excluding ortho intramolecular Hbond substituents is 1. The van der Waals surface area contributed by atoms with Gasteiger partial charge in [0.15, 0.2) is 0 Å². The Labute approximate surface area is 114 Å². The fraction of sp³-hybridized carbons (Fsp3) is 0.0667. The lowest BCUT2D eigenvalue weighted by atomic mass is 9.98. The molecule has 0 aliphatic heterocycles. The Bertz CT molecular complexity index is 671. The topological polar surface area (TPSA) is 94.8 Å². The van der Waals surface area contributed by atoms with Crippen LogP contribution in [0.4, 0.5) is 0 Å². The predicted molar refractivity (Wildman–Crippen MR) is 72.2 cm³/mol. The molecule has 5 heteroatoms. The van der Waals surface area contributed by atoms with Gasteiger partial charge in [0, 0.05) is 0 Å². The van der Waals surface area contributed by atoms with Gasteiger partial charge >= 0.3 is 11.9 Å². The molecule has 0 aliphatic carbocycles. The Kier molecular flexibility index (Phi) is 3.43. The summed E-state index contributed by atoms with van der Waals surface area (Å²) in [6, 6.07) is 8.68. The Balaban J connectivity index is 2.63. The van der Waals surface area contributed by atoms with Gasteiger partial charge in [-0.1, -0.05) is 6.07 Å². The second-order valence-electron chi connectivity index (χ2n) is 4.41. The number of aryl methyl sites for hydroxylation is 1. The molecular weight excluding hydrogens is 260 g/mol. The molecule has 0 saturated carbocycles. The molecule has 102 valence electrons. The maximum atomic E-state index is 11.0. The number of carbonyl (C=O) groups is 2. The van der Waals surface area contributed by atoms with Crippen molar-refractivity contribution in [1.82, 2.24) is 0 Å². The highest BCUT2D eigenvalue weighted by Crippen LogP contribution is 2.27. The van der Waals surface area contributed by atoms with Gasteiger partial charge in [0.2, 0.25) is 0 Å². The largest absolute Gasteiger partial charge is 0.508 e. The van der Waals surface area contributed by atoms with E-state index in [0.29, 0.717) is 16.7 Å². The standard InChI is InChI=1S/C15H12O5/c1-8-4-9(2-3-13(8)16)10-5-11(14(17)18)7-12(6-10)15(19)20/h2-7,16H,1H3,(H,17,18)(H,19,20). The molecule has 0 aromatic heterocycles. The van der Waals surface area contributed by atoms with E-state index in [9.17, 15) is 14.7 Å². The average molecular weight is 272 g/mol. The third-order valence-electron chi connectivity index (χ3n) is 2.96. The van der Waals surface area contributed by atoms with Crippen molar-refractivity contribution in [3.8, 4) is 16.9 Å². The molecule has 0 heterocycles. The zero-order valence-electron chi connectivity index (χ0n) is 10.6. The van der Waals surface area contributed by atoms with Crippen LogP contribution in [-0.2, 0) is 0 Å². The highest BCUT2D eigenvalue weighted by Gasteiger charge is 2.12. The van der Waals surface area contributed by atoms with Crippen LogP contribution in [-0.4, -0.2) is 27.3 Å². The van der Waals surface area contributed by atoms with E-state index < -0.39 is 11.9 Å². The number of carboxylic acids is 2. The molecule has 0 fully saturated rings. The van der Waals surface area contributed by atoms with Gasteiger partial charge in [-0.3, -0.25) is 0 Å². The molecule has 20 heavy (non-hydrogen) atoms. The van der Waals surface area contributed by atoms with Crippen molar-refractivity contribution >= 4 is 11.9 Å². The first kappa shape index (κ1) is 13.6. The Morgan fingerprint density at radius 1 is 0.850 bits per heavy atom. The van der Waals surface area contributed by atoms with Crippen LogP contribution >= 0.6 is 0 Å². The highest BCUT2D eigenvalue weighted by atomic mass is 16.4. The van der Waals surface area contributed by atoms with Crippen molar-refractivity contribution < 1.29 is 24.9 Å². The molecule has 0 bridgehead atoms. The summed E-state index contributed by atoms with van der Waals surface area (Å²) in [6.45, 7) is 1.71. The van der Waals surface area contributed by atoms with Crippen LogP contribution in [0.15, 0.2) is 36.4 Å². The lowest BCUT2D eigenvalue weighted by Crippen LogP contribution is -2.03. The average Bonchev–Trinajstić information content (AvgIpc) is 2.41. The summed E-state index contributed by atoms with van der Waals surface area (Å²) >= 11 is 0. The molecule has 0 saturated heterocycles. The third-order valence-corrected chi connectivity index (χ3v) is 2.96. The molecule has 0 atom stereocenters. The van der Waals surface area contributed by atoms with Crippen molar-refractivity contribution in [2.75, 3.05) is 0 Å². The number of rotatable bonds is 3. The van der Waals surface area contributed by atoms with Crippen molar-refractivity contribution in [3.63, 3.8) is 0 Å². The number of benzene rings is 2. The fourth-order valence-corrected chi connectivity index (χ4v) is 1.88. The SMILES string of the molecule is Cc1cc(-c2cc(C(=O)O)cc(C(=O)O)c2)ccc1O. The number of phenols is 1. The number of hydrogen-bond donors (Lipinski definition) is 3. The summed E-state index contributed by atoms with van der Waals surface area (Å²) in [5.74, 6) is -2.25. The maximum absolute atomic E-state index is 11.0. The number of hydrogen-bond acceptors (Lipinski definition) is 3. The molecule has 2 aromatic carbocycles. The maximum Gasteiger partial charge on any atom is 0.335 e. The normalized spacial score (nSPS) is 10.2. The zero-order chi connectivity index (χ0) is 14.9. The van der Waals surface area contributed by atoms with Crippen LogP contribution in [0, 0.1) is 6.92 Å². The molecule has 2 rings (SSSR count). The molecule has 3 N–H and O–H groups in total. The lowest BCUT2D eigenvalue weighted by Gasteiger charge is -2.07. The van der Waals surface area contributed by atoms with Crippen molar-refractivity contribution in [3.05, 3.63) is 53.1 Å². The highest BCUT2D eigenvalue weighted by molar-refractivity contribution is 5.96. The minimum atomic E-state index is -1.19. The van der Waals surface area contributed by atoms with E-state index in [1.807, 2.05) is 0 Å². The number of aromatic hydroxyl groups is 1. The van der Waals surface area contributed by atoms with Crippen molar-refractivity contribution in [2.24, 2.45) is 0 Å². The minimum Gasteiger partial charge on any atom is -0.508 e. The summed E-state index contributed by atoms with van der Waals surface area (Å²) in [5.41, 5.74) is 1.56. The predicted octanol–water partition coefficient (Wildman–Crippen LogP) is 2.76. The smallest absolute Gasteiger partial charge is 0.335 e. The third kappa shape index (κ3) is 2.61. The minimum absolute atomic E-state index is 0.0920. The second-order valence-corrected chi connectivity index (χ2v) is 4.41. The van der Waals surface area contributed by atoms with Crippen LogP contribution in [0.2, 0.25) is 0 Å². The zero-order valence-corrected chi connectivity index (χ0v) is 10.6. The molecule has 0 unspecified atom stereocenters.